The Morgan fingerprint density at radius 1 is 1.26 bits per heavy atom. The van der Waals surface area contributed by atoms with E-state index in [1.165, 1.54) is 6.39 Å². The van der Waals surface area contributed by atoms with Crippen molar-refractivity contribution < 1.29 is 14.0 Å². The van der Waals surface area contributed by atoms with Crippen LogP contribution in [0.4, 0.5) is 4.79 Å². The number of benzene rings is 1. The lowest BCUT2D eigenvalue weighted by Crippen LogP contribution is -2.30. The molecule has 3 rings (SSSR count). The van der Waals surface area contributed by atoms with Crippen LogP contribution in [-0.4, -0.2) is 28.4 Å². The van der Waals surface area contributed by atoms with Crippen molar-refractivity contribution in [1.29, 1.82) is 0 Å². The fourth-order valence-corrected chi connectivity index (χ4v) is 1.97. The van der Waals surface area contributed by atoms with Gasteiger partial charge in [-0.25, -0.2) is 9.78 Å². The maximum atomic E-state index is 11.5. The Hall–Kier alpha value is -2.63. The second-order valence-corrected chi connectivity index (χ2v) is 4.13. The molecule has 1 saturated heterocycles. The van der Waals surface area contributed by atoms with Crippen LogP contribution in [0.1, 0.15) is 5.69 Å². The molecule has 19 heavy (non-hydrogen) atoms. The smallest absolute Gasteiger partial charge is 0.324 e. The third kappa shape index (κ3) is 2.08. The van der Waals surface area contributed by atoms with Crippen molar-refractivity contribution in [3.63, 3.8) is 0 Å². The number of oxazole rings is 1. The third-order valence-electron chi connectivity index (χ3n) is 2.92. The lowest BCUT2D eigenvalue weighted by atomic mass is 10.1. The fourth-order valence-electron chi connectivity index (χ4n) is 1.97. The number of carbonyl (C=O) groups is 2. The van der Waals surface area contributed by atoms with E-state index in [4.69, 9.17) is 4.42 Å². The molecule has 1 aromatic carbocycles. The molecule has 3 amide bonds. The van der Waals surface area contributed by atoms with Gasteiger partial charge in [0.25, 0.3) is 0 Å². The molecule has 96 valence electrons. The number of urea groups is 1. The average molecular weight is 257 g/mol. The van der Waals surface area contributed by atoms with Crippen molar-refractivity contribution in [1.82, 2.24) is 15.2 Å². The summed E-state index contributed by atoms with van der Waals surface area (Å²) < 4.78 is 5.35. The highest BCUT2D eigenvalue weighted by Crippen LogP contribution is 2.24. The maximum Gasteiger partial charge on any atom is 0.324 e. The van der Waals surface area contributed by atoms with Gasteiger partial charge in [0.1, 0.15) is 5.69 Å². The average Bonchev–Trinajstić information content (AvgIpc) is 3.02. The normalized spacial score (nSPS) is 14.8. The quantitative estimate of drug-likeness (QED) is 0.843. The summed E-state index contributed by atoms with van der Waals surface area (Å²) in [4.78, 5) is 28.3. The zero-order valence-electron chi connectivity index (χ0n) is 10.00. The standard InChI is InChI=1S/C13H11N3O3/c17-11-6-14-13(18)16(11)7-10-12(19-8-15-10)9-4-2-1-3-5-9/h1-5,8H,6-7H2,(H,14,18). The van der Waals surface area contributed by atoms with Crippen LogP contribution < -0.4 is 5.32 Å². The summed E-state index contributed by atoms with van der Waals surface area (Å²) in [6.45, 7) is 0.156. The highest BCUT2D eigenvalue weighted by Gasteiger charge is 2.30. The van der Waals surface area contributed by atoms with Crippen LogP contribution in [0.5, 0.6) is 0 Å². The topological polar surface area (TPSA) is 75.4 Å². The number of carbonyl (C=O) groups excluding carboxylic acids is 2. The number of imide groups is 1. The molecular formula is C13H11N3O3. The van der Waals surface area contributed by atoms with E-state index >= 15 is 0 Å². The van der Waals surface area contributed by atoms with E-state index in [9.17, 15) is 9.59 Å². The van der Waals surface area contributed by atoms with Crippen LogP contribution in [0.3, 0.4) is 0 Å². The van der Waals surface area contributed by atoms with E-state index in [-0.39, 0.29) is 19.0 Å². The number of amides is 3. The van der Waals surface area contributed by atoms with Gasteiger partial charge < -0.3 is 9.73 Å². The van der Waals surface area contributed by atoms with Gasteiger partial charge >= 0.3 is 6.03 Å². The zero-order valence-corrected chi connectivity index (χ0v) is 10.00. The molecule has 0 aliphatic carbocycles. The van der Waals surface area contributed by atoms with Gasteiger partial charge in [-0.15, -0.1) is 0 Å². The first-order chi connectivity index (χ1) is 9.25. The Morgan fingerprint density at radius 2 is 2.05 bits per heavy atom. The highest BCUT2D eigenvalue weighted by atomic mass is 16.3. The molecular weight excluding hydrogens is 246 g/mol. The van der Waals surface area contributed by atoms with E-state index in [0.717, 1.165) is 10.5 Å². The minimum absolute atomic E-state index is 0.0390. The van der Waals surface area contributed by atoms with E-state index in [1.54, 1.807) is 0 Å². The first kappa shape index (κ1) is 11.5. The minimum Gasteiger partial charge on any atom is -0.443 e. The van der Waals surface area contributed by atoms with Gasteiger partial charge in [-0.3, -0.25) is 9.69 Å². The second-order valence-electron chi connectivity index (χ2n) is 4.13. The summed E-state index contributed by atoms with van der Waals surface area (Å²) >= 11 is 0. The molecule has 0 spiro atoms. The number of hydrogen-bond acceptors (Lipinski definition) is 4. The molecule has 6 heteroatoms. The number of aromatic nitrogens is 1. The third-order valence-corrected chi connectivity index (χ3v) is 2.92. The van der Waals surface area contributed by atoms with Gasteiger partial charge in [0.2, 0.25) is 5.91 Å². The predicted octanol–water partition coefficient (Wildman–Crippen LogP) is 1.39. The summed E-state index contributed by atoms with van der Waals surface area (Å²) in [5.41, 5.74) is 1.43. The van der Waals surface area contributed by atoms with Crippen molar-refractivity contribution in [3.05, 3.63) is 42.4 Å². The Morgan fingerprint density at radius 3 is 2.74 bits per heavy atom. The maximum absolute atomic E-state index is 11.5. The first-order valence-electron chi connectivity index (χ1n) is 5.81. The molecule has 6 nitrogen and oxygen atoms in total. The van der Waals surface area contributed by atoms with Crippen molar-refractivity contribution in [2.45, 2.75) is 6.54 Å². The van der Waals surface area contributed by atoms with Gasteiger partial charge in [-0.05, 0) is 0 Å². The molecule has 1 aliphatic rings. The van der Waals surface area contributed by atoms with Gasteiger partial charge in [-0.2, -0.15) is 0 Å². The van der Waals surface area contributed by atoms with Crippen LogP contribution in [0.15, 0.2) is 41.1 Å². The number of hydrogen-bond donors (Lipinski definition) is 1. The summed E-state index contributed by atoms with van der Waals surface area (Å²) in [5.74, 6) is 0.320. The van der Waals surface area contributed by atoms with Crippen LogP contribution >= 0.6 is 0 Å². The van der Waals surface area contributed by atoms with E-state index < -0.39 is 6.03 Å². The lowest BCUT2D eigenvalue weighted by Gasteiger charge is -2.10. The lowest BCUT2D eigenvalue weighted by molar-refractivity contribution is -0.125. The summed E-state index contributed by atoms with van der Waals surface area (Å²) in [6, 6.07) is 9.04. The van der Waals surface area contributed by atoms with Crippen molar-refractivity contribution in [2.24, 2.45) is 0 Å². The molecule has 0 saturated carbocycles. The summed E-state index contributed by atoms with van der Waals surface area (Å²) in [6.07, 6.45) is 1.32. The highest BCUT2D eigenvalue weighted by molar-refractivity contribution is 6.01. The Balaban J connectivity index is 1.89. The SMILES string of the molecule is O=C1CNC(=O)N1Cc1ncoc1-c1ccccc1. The molecule has 0 bridgehead atoms. The minimum atomic E-state index is -0.396. The predicted molar refractivity (Wildman–Crippen MR) is 65.9 cm³/mol. The largest absolute Gasteiger partial charge is 0.443 e. The summed E-state index contributed by atoms with van der Waals surface area (Å²) in [5, 5.41) is 2.47. The first-order valence-corrected chi connectivity index (χ1v) is 5.81. The van der Waals surface area contributed by atoms with Crippen molar-refractivity contribution in [2.75, 3.05) is 6.54 Å². The molecule has 1 aliphatic heterocycles. The number of nitrogens with one attached hydrogen (secondary N) is 1. The van der Waals surface area contributed by atoms with Crippen molar-refractivity contribution in [3.8, 4) is 11.3 Å². The van der Waals surface area contributed by atoms with Crippen LogP contribution in [-0.2, 0) is 11.3 Å². The molecule has 1 N–H and O–H groups in total. The molecule has 0 atom stereocenters. The number of rotatable bonds is 3. The van der Waals surface area contributed by atoms with Gasteiger partial charge in [0, 0.05) is 5.56 Å². The van der Waals surface area contributed by atoms with E-state index in [1.807, 2.05) is 30.3 Å². The Kier molecular flexibility index (Phi) is 2.75. The number of nitrogens with zero attached hydrogens (tertiary/aromatic N) is 2. The molecule has 0 unspecified atom stereocenters. The monoisotopic (exact) mass is 257 g/mol. The van der Waals surface area contributed by atoms with Gasteiger partial charge in [-0.1, -0.05) is 30.3 Å². The Bertz CT molecular complexity index is 605. The second kappa shape index (κ2) is 4.56. The molecule has 2 heterocycles. The van der Waals surface area contributed by atoms with E-state index in [2.05, 4.69) is 10.3 Å². The molecule has 1 fully saturated rings. The van der Waals surface area contributed by atoms with Crippen LogP contribution in [0.25, 0.3) is 11.3 Å². The Labute approximate surface area is 109 Å². The van der Waals surface area contributed by atoms with Gasteiger partial charge in [0.05, 0.1) is 13.1 Å². The zero-order chi connectivity index (χ0) is 13.2. The van der Waals surface area contributed by atoms with Crippen LogP contribution in [0.2, 0.25) is 0 Å². The summed E-state index contributed by atoms with van der Waals surface area (Å²) in [7, 11) is 0. The fraction of sp³-hybridized carbons (Fsp3) is 0.154. The van der Waals surface area contributed by atoms with Gasteiger partial charge in [0.15, 0.2) is 12.2 Å². The molecule has 1 aromatic heterocycles. The molecule has 2 aromatic rings. The van der Waals surface area contributed by atoms with Crippen LogP contribution in [0, 0.1) is 0 Å². The van der Waals surface area contributed by atoms with Crippen molar-refractivity contribution >= 4 is 11.9 Å². The van der Waals surface area contributed by atoms with E-state index in [0.29, 0.717) is 11.5 Å². The molecule has 0 radical (unpaired) electrons.